The average Bonchev–Trinajstić information content (AvgIpc) is 2.40. The largest absolute Gasteiger partial charge is 0.503 e. The van der Waals surface area contributed by atoms with Crippen LogP contribution >= 0.6 is 27.5 Å². The Bertz CT molecular complexity index is 621. The summed E-state index contributed by atoms with van der Waals surface area (Å²) in [6.45, 7) is -0.192. The predicted octanol–water partition coefficient (Wildman–Crippen LogP) is 4.06. The molecule has 0 saturated heterocycles. The summed E-state index contributed by atoms with van der Waals surface area (Å²) in [5, 5.41) is 19.9. The molecule has 0 bridgehead atoms. The van der Waals surface area contributed by atoms with E-state index in [1.807, 2.05) is 0 Å². The fourth-order valence-electron chi connectivity index (χ4n) is 1.64. The van der Waals surface area contributed by atoms with E-state index in [0.29, 0.717) is 4.47 Å². The highest BCUT2D eigenvalue weighted by molar-refractivity contribution is 9.10. The van der Waals surface area contributed by atoms with Crippen molar-refractivity contribution in [1.82, 2.24) is 0 Å². The van der Waals surface area contributed by atoms with Crippen molar-refractivity contribution in [2.45, 2.75) is 6.10 Å². The molecule has 0 aliphatic rings. The maximum Gasteiger partial charge on any atom is 0.172 e. The second kappa shape index (κ2) is 6.43. The number of aliphatic hydroxyl groups is 1. The Morgan fingerprint density at radius 3 is 2.75 bits per heavy atom. The number of rotatable bonds is 4. The summed E-state index contributed by atoms with van der Waals surface area (Å²) in [5.41, 5.74) is 0.0869. The summed E-state index contributed by atoms with van der Waals surface area (Å²) in [4.78, 5) is 0. The van der Waals surface area contributed by atoms with Crippen LogP contribution in [0.5, 0.6) is 11.5 Å². The molecular formula is C14H11BrClFO3. The van der Waals surface area contributed by atoms with Crippen LogP contribution < -0.4 is 4.74 Å². The number of phenolic OH excluding ortho intramolecular Hbond substituents is 1. The van der Waals surface area contributed by atoms with Gasteiger partial charge >= 0.3 is 0 Å². The maximum atomic E-state index is 13.6. The highest BCUT2D eigenvalue weighted by atomic mass is 79.9. The number of aromatic hydroxyl groups is 1. The van der Waals surface area contributed by atoms with Crippen LogP contribution in [0.3, 0.4) is 0 Å². The van der Waals surface area contributed by atoms with Crippen molar-refractivity contribution in [3.8, 4) is 11.5 Å². The zero-order valence-electron chi connectivity index (χ0n) is 10.2. The van der Waals surface area contributed by atoms with Gasteiger partial charge in [-0.2, -0.15) is 0 Å². The van der Waals surface area contributed by atoms with Gasteiger partial charge in [0.25, 0.3) is 0 Å². The molecule has 0 unspecified atom stereocenters. The van der Waals surface area contributed by atoms with Crippen LogP contribution in [0.15, 0.2) is 40.9 Å². The summed E-state index contributed by atoms with van der Waals surface area (Å²) in [5.74, 6) is -0.476. The second-order valence-electron chi connectivity index (χ2n) is 4.08. The minimum absolute atomic E-state index is 0.0729. The molecule has 0 radical (unpaired) electrons. The molecule has 2 N–H and O–H groups in total. The molecule has 0 spiro atoms. The Morgan fingerprint density at radius 1 is 1.30 bits per heavy atom. The molecule has 106 valence electrons. The van der Waals surface area contributed by atoms with Gasteiger partial charge in [-0.25, -0.2) is 4.39 Å². The molecule has 0 aliphatic heterocycles. The van der Waals surface area contributed by atoms with Gasteiger partial charge in [0.1, 0.15) is 18.5 Å². The van der Waals surface area contributed by atoms with E-state index < -0.39 is 11.9 Å². The van der Waals surface area contributed by atoms with E-state index in [1.165, 1.54) is 12.1 Å². The third-order valence-corrected chi connectivity index (χ3v) is 3.54. The van der Waals surface area contributed by atoms with Gasteiger partial charge in [-0.05, 0) is 40.2 Å². The number of aliphatic hydroxyl groups excluding tert-OH is 1. The van der Waals surface area contributed by atoms with E-state index in [1.54, 1.807) is 18.2 Å². The first kappa shape index (κ1) is 15.1. The lowest BCUT2D eigenvalue weighted by atomic mass is 10.1. The average molecular weight is 362 g/mol. The second-order valence-corrected chi connectivity index (χ2v) is 5.37. The molecule has 2 aromatic rings. The van der Waals surface area contributed by atoms with Crippen molar-refractivity contribution >= 4 is 27.5 Å². The summed E-state index contributed by atoms with van der Waals surface area (Å²) in [7, 11) is 0. The van der Waals surface area contributed by atoms with E-state index in [2.05, 4.69) is 15.9 Å². The highest BCUT2D eigenvalue weighted by Crippen LogP contribution is 2.34. The molecule has 6 heteroatoms. The van der Waals surface area contributed by atoms with Gasteiger partial charge in [0.05, 0.1) is 4.47 Å². The number of hydrogen-bond acceptors (Lipinski definition) is 3. The van der Waals surface area contributed by atoms with Crippen LogP contribution in [0.4, 0.5) is 4.39 Å². The summed E-state index contributed by atoms with van der Waals surface area (Å²) >= 11 is 8.79. The van der Waals surface area contributed by atoms with Gasteiger partial charge in [-0.1, -0.05) is 23.7 Å². The van der Waals surface area contributed by atoms with E-state index >= 15 is 0 Å². The highest BCUT2D eigenvalue weighted by Gasteiger charge is 2.15. The molecule has 0 aliphatic carbocycles. The Kier molecular flexibility index (Phi) is 4.86. The number of halogens is 3. The van der Waals surface area contributed by atoms with Crippen molar-refractivity contribution < 1.29 is 19.3 Å². The molecule has 0 fully saturated rings. The van der Waals surface area contributed by atoms with E-state index in [-0.39, 0.29) is 28.7 Å². The summed E-state index contributed by atoms with van der Waals surface area (Å²) < 4.78 is 19.4. The first-order chi connectivity index (χ1) is 9.49. The number of phenols is 1. The lowest BCUT2D eigenvalue weighted by Crippen LogP contribution is -2.11. The SMILES string of the molecule is Oc1c(Br)cccc1OC[C@H](O)c1ccc(Cl)cc1F. The van der Waals surface area contributed by atoms with Crippen molar-refractivity contribution in [3.63, 3.8) is 0 Å². The summed E-state index contributed by atoms with van der Waals surface area (Å²) in [6, 6.07) is 8.87. The maximum absolute atomic E-state index is 13.6. The topological polar surface area (TPSA) is 49.7 Å². The van der Waals surface area contributed by atoms with Gasteiger partial charge in [0.15, 0.2) is 11.5 Å². The van der Waals surface area contributed by atoms with E-state index in [4.69, 9.17) is 16.3 Å². The fraction of sp³-hybridized carbons (Fsp3) is 0.143. The van der Waals surface area contributed by atoms with Crippen molar-refractivity contribution in [2.75, 3.05) is 6.61 Å². The lowest BCUT2D eigenvalue weighted by Gasteiger charge is -2.14. The number of para-hydroxylation sites is 1. The molecule has 20 heavy (non-hydrogen) atoms. The zero-order valence-corrected chi connectivity index (χ0v) is 12.5. The third-order valence-electron chi connectivity index (χ3n) is 2.67. The Labute approximate surface area is 128 Å². The quantitative estimate of drug-likeness (QED) is 0.863. The summed E-state index contributed by atoms with van der Waals surface area (Å²) in [6.07, 6.45) is -1.16. The van der Waals surface area contributed by atoms with Crippen LogP contribution in [0.2, 0.25) is 5.02 Å². The molecule has 3 nitrogen and oxygen atoms in total. The molecule has 0 aromatic heterocycles. The Morgan fingerprint density at radius 2 is 2.05 bits per heavy atom. The molecule has 1 atom stereocenters. The van der Waals surface area contributed by atoms with Gasteiger partial charge < -0.3 is 14.9 Å². The Hall–Kier alpha value is -1.30. The lowest BCUT2D eigenvalue weighted by molar-refractivity contribution is 0.103. The minimum Gasteiger partial charge on any atom is -0.503 e. The number of hydrogen-bond donors (Lipinski definition) is 2. The number of benzene rings is 2. The zero-order chi connectivity index (χ0) is 14.7. The van der Waals surface area contributed by atoms with Gasteiger partial charge in [0, 0.05) is 10.6 Å². The minimum atomic E-state index is -1.16. The number of ether oxygens (including phenoxy) is 1. The fourth-order valence-corrected chi connectivity index (χ4v) is 2.15. The van der Waals surface area contributed by atoms with Gasteiger partial charge in [-0.3, -0.25) is 0 Å². The first-order valence-corrected chi connectivity index (χ1v) is 6.89. The molecule has 2 rings (SSSR count). The molecular weight excluding hydrogens is 351 g/mol. The van der Waals surface area contributed by atoms with Crippen LogP contribution in [-0.2, 0) is 0 Å². The van der Waals surface area contributed by atoms with Crippen LogP contribution in [0, 0.1) is 5.82 Å². The van der Waals surface area contributed by atoms with Crippen molar-refractivity contribution in [3.05, 3.63) is 57.3 Å². The normalized spacial score (nSPS) is 12.2. The third kappa shape index (κ3) is 3.42. The smallest absolute Gasteiger partial charge is 0.172 e. The predicted molar refractivity (Wildman–Crippen MR) is 77.7 cm³/mol. The molecule has 0 saturated carbocycles. The van der Waals surface area contributed by atoms with Crippen LogP contribution in [-0.4, -0.2) is 16.8 Å². The first-order valence-electron chi connectivity index (χ1n) is 5.72. The Balaban J connectivity index is 2.08. The standard InChI is InChI=1S/C14H11BrClFO3/c15-10-2-1-3-13(14(10)19)20-7-12(18)9-5-4-8(16)6-11(9)17/h1-6,12,18-19H,7H2/t12-/m0/s1. The van der Waals surface area contributed by atoms with Crippen LogP contribution in [0.25, 0.3) is 0 Å². The van der Waals surface area contributed by atoms with Crippen molar-refractivity contribution in [2.24, 2.45) is 0 Å². The van der Waals surface area contributed by atoms with Gasteiger partial charge in [-0.15, -0.1) is 0 Å². The van der Waals surface area contributed by atoms with E-state index in [0.717, 1.165) is 6.07 Å². The van der Waals surface area contributed by atoms with Gasteiger partial charge in [0.2, 0.25) is 0 Å². The van der Waals surface area contributed by atoms with Crippen molar-refractivity contribution in [1.29, 1.82) is 0 Å². The molecule has 0 heterocycles. The van der Waals surface area contributed by atoms with Crippen LogP contribution in [0.1, 0.15) is 11.7 Å². The molecule has 0 amide bonds. The monoisotopic (exact) mass is 360 g/mol. The van der Waals surface area contributed by atoms with E-state index in [9.17, 15) is 14.6 Å². The molecule has 2 aromatic carbocycles.